The molecule has 0 amide bonds. The Bertz CT molecular complexity index is 113. The van der Waals surface area contributed by atoms with Crippen molar-refractivity contribution in [2.24, 2.45) is 0 Å². The molecule has 0 aromatic carbocycles. The van der Waals surface area contributed by atoms with Crippen molar-refractivity contribution in [3.05, 3.63) is 11.5 Å². The highest BCUT2D eigenvalue weighted by Gasteiger charge is 2.10. The molecule has 11 heavy (non-hydrogen) atoms. The van der Waals surface area contributed by atoms with E-state index in [1.165, 1.54) is 19.3 Å². The average molecular weight is 188 g/mol. The molecule has 0 saturated heterocycles. The van der Waals surface area contributed by atoms with Crippen LogP contribution in [-0.4, -0.2) is 7.22 Å². The van der Waals surface area contributed by atoms with E-state index in [9.17, 15) is 0 Å². The van der Waals surface area contributed by atoms with E-state index in [0.29, 0.717) is 0 Å². The number of unbranched alkanes of at least 4 members (excludes halogenated alkanes) is 2. The molecule has 0 spiro atoms. The maximum atomic E-state index is 2.38. The van der Waals surface area contributed by atoms with Gasteiger partial charge in [-0.2, -0.15) is 11.2 Å². The van der Waals surface area contributed by atoms with Gasteiger partial charge in [-0.3, -0.25) is 0 Å². The fraction of sp³-hybridized carbons (Fsp3) is 0.778. The van der Waals surface area contributed by atoms with Gasteiger partial charge in [0.15, 0.2) is 0 Å². The summed E-state index contributed by atoms with van der Waals surface area (Å²) in [4.78, 5) is 0. The van der Waals surface area contributed by atoms with Crippen LogP contribution in [0.2, 0.25) is 19.6 Å². The second-order valence-corrected chi connectivity index (χ2v) is 12.9. The lowest BCUT2D eigenvalue weighted by atomic mass is 10.2. The normalized spacial score (nSPS) is 12.7. The topological polar surface area (TPSA) is 0 Å². The van der Waals surface area contributed by atoms with Crippen LogP contribution in [0.5, 0.6) is 0 Å². The molecule has 0 heterocycles. The predicted molar refractivity (Wildman–Crippen MR) is 59.6 cm³/mol. The summed E-state index contributed by atoms with van der Waals surface area (Å²) in [6.07, 6.45) is 6.21. The van der Waals surface area contributed by atoms with E-state index >= 15 is 0 Å². The quantitative estimate of drug-likeness (QED) is 0.459. The minimum Gasteiger partial charge on any atom is -0.160 e. The van der Waals surface area contributed by atoms with E-state index in [2.05, 4.69) is 38.0 Å². The van der Waals surface area contributed by atoms with Crippen LogP contribution in [0.25, 0.3) is 0 Å². The van der Waals surface area contributed by atoms with Crippen LogP contribution in [0, 0.1) is 0 Å². The molecule has 0 aromatic rings. The smallest absolute Gasteiger partial charge is 0.113 e. The lowest BCUT2D eigenvalue weighted by Crippen LogP contribution is -2.11. The highest BCUT2D eigenvalue weighted by atomic mass is 32.4. The molecule has 0 fully saturated rings. The first kappa shape index (κ1) is 11.3. The van der Waals surface area contributed by atoms with Gasteiger partial charge in [0.05, 0.1) is 0 Å². The van der Waals surface area contributed by atoms with Gasteiger partial charge in [-0.25, -0.2) is 0 Å². The summed E-state index contributed by atoms with van der Waals surface area (Å²) in [5, 5.41) is 2.29. The molecule has 0 radical (unpaired) electrons. The van der Waals surface area contributed by atoms with Crippen molar-refractivity contribution in [1.29, 1.82) is 0 Å². The van der Waals surface area contributed by atoms with Crippen LogP contribution in [0.1, 0.15) is 26.2 Å². The first-order chi connectivity index (χ1) is 5.06. The zero-order chi connectivity index (χ0) is 8.74. The Morgan fingerprint density at radius 2 is 1.91 bits per heavy atom. The second kappa shape index (κ2) is 5.89. The van der Waals surface area contributed by atoms with Gasteiger partial charge in [0, 0.05) is 0 Å². The molecular formula is C9H20SSi. The summed E-state index contributed by atoms with van der Waals surface area (Å²) < 4.78 is 0. The molecule has 0 bridgehead atoms. The third kappa shape index (κ3) is 10.3. The van der Waals surface area contributed by atoms with Gasteiger partial charge in [-0.15, -0.1) is 0 Å². The molecule has 0 N–H and O–H groups in total. The summed E-state index contributed by atoms with van der Waals surface area (Å²) >= 11 is 2.04. The van der Waals surface area contributed by atoms with Crippen molar-refractivity contribution in [2.75, 3.05) is 0 Å². The zero-order valence-corrected chi connectivity index (χ0v) is 10.0. The van der Waals surface area contributed by atoms with Crippen molar-refractivity contribution in [2.45, 2.75) is 45.8 Å². The molecule has 0 aromatic heterocycles. The summed E-state index contributed by atoms with van der Waals surface area (Å²) in [7, 11) is -0.888. The molecule has 0 nitrogen and oxygen atoms in total. The van der Waals surface area contributed by atoms with Crippen molar-refractivity contribution in [3.8, 4) is 0 Å². The Balaban J connectivity index is 3.30. The van der Waals surface area contributed by atoms with E-state index in [-0.39, 0.29) is 0 Å². The highest BCUT2D eigenvalue weighted by molar-refractivity contribution is 8.30. The van der Waals surface area contributed by atoms with Crippen molar-refractivity contribution < 1.29 is 0 Å². The fourth-order valence-corrected chi connectivity index (χ4v) is 2.80. The fourth-order valence-electron chi connectivity index (χ4n) is 0.642. The molecular weight excluding hydrogens is 168 g/mol. The summed E-state index contributed by atoms with van der Waals surface area (Å²) in [6, 6.07) is 0. The molecule has 0 aliphatic carbocycles. The van der Waals surface area contributed by atoms with E-state index in [1.807, 2.05) is 11.2 Å². The predicted octanol–water partition coefficient (Wildman–Crippen LogP) is 4.26. The lowest BCUT2D eigenvalue weighted by Gasteiger charge is -2.10. The van der Waals surface area contributed by atoms with Crippen LogP contribution < -0.4 is 0 Å². The molecule has 2 heteroatoms. The minimum absolute atomic E-state index is 0.888. The monoisotopic (exact) mass is 188 g/mol. The van der Waals surface area contributed by atoms with E-state index in [1.54, 1.807) is 0 Å². The van der Waals surface area contributed by atoms with Gasteiger partial charge in [-0.1, -0.05) is 45.5 Å². The molecule has 0 unspecified atom stereocenters. The maximum Gasteiger partial charge on any atom is 0.113 e. The van der Waals surface area contributed by atoms with Gasteiger partial charge in [0.2, 0.25) is 0 Å². The Labute approximate surface area is 76.1 Å². The average Bonchev–Trinajstić information content (AvgIpc) is 1.85. The number of allylic oxidation sites excluding steroid dienone is 1. The van der Waals surface area contributed by atoms with Crippen LogP contribution in [0.3, 0.4) is 0 Å². The summed E-state index contributed by atoms with van der Waals surface area (Å²) in [5.41, 5.74) is 0. The first-order valence-electron chi connectivity index (χ1n) is 4.39. The molecule has 0 saturated carbocycles. The van der Waals surface area contributed by atoms with Crippen molar-refractivity contribution >= 4 is 18.4 Å². The second-order valence-electron chi connectivity index (χ2n) is 3.74. The Hall–Kier alpha value is 0.307. The largest absolute Gasteiger partial charge is 0.160 e. The lowest BCUT2D eigenvalue weighted by molar-refractivity contribution is 0.815. The SMILES string of the molecule is CCCC/C=C/S[Si](C)(C)C. The van der Waals surface area contributed by atoms with E-state index < -0.39 is 7.22 Å². The first-order valence-corrected chi connectivity index (χ1v) is 9.49. The Morgan fingerprint density at radius 3 is 2.36 bits per heavy atom. The third-order valence-corrected chi connectivity index (χ3v) is 4.81. The standard InChI is InChI=1S/C9H20SSi/c1-5-6-7-8-9-10-11(2,3)4/h8-9H,5-7H2,1-4H3/b9-8+. The highest BCUT2D eigenvalue weighted by Crippen LogP contribution is 2.20. The molecule has 0 atom stereocenters. The van der Waals surface area contributed by atoms with Crippen LogP contribution in [0.4, 0.5) is 0 Å². The molecule has 0 rings (SSSR count). The van der Waals surface area contributed by atoms with Gasteiger partial charge < -0.3 is 0 Å². The van der Waals surface area contributed by atoms with Crippen molar-refractivity contribution in [3.63, 3.8) is 0 Å². The molecule has 66 valence electrons. The van der Waals surface area contributed by atoms with Gasteiger partial charge in [0.25, 0.3) is 0 Å². The Kier molecular flexibility index (Phi) is 6.06. The van der Waals surface area contributed by atoms with Gasteiger partial charge >= 0.3 is 0 Å². The summed E-state index contributed by atoms with van der Waals surface area (Å²) in [6.45, 7) is 9.37. The van der Waals surface area contributed by atoms with Crippen LogP contribution in [-0.2, 0) is 0 Å². The summed E-state index contributed by atoms with van der Waals surface area (Å²) in [5.74, 6) is 0. The zero-order valence-electron chi connectivity index (χ0n) is 8.18. The molecule has 0 aliphatic heterocycles. The maximum absolute atomic E-state index is 2.38. The number of rotatable bonds is 5. The van der Waals surface area contributed by atoms with E-state index in [0.717, 1.165) is 0 Å². The van der Waals surface area contributed by atoms with Gasteiger partial charge in [-0.05, 0) is 11.8 Å². The van der Waals surface area contributed by atoms with E-state index in [4.69, 9.17) is 0 Å². The number of hydrogen-bond acceptors (Lipinski definition) is 1. The number of hydrogen-bond donors (Lipinski definition) is 0. The minimum atomic E-state index is -0.888. The van der Waals surface area contributed by atoms with Crippen molar-refractivity contribution in [1.82, 2.24) is 0 Å². The van der Waals surface area contributed by atoms with Crippen LogP contribution in [0.15, 0.2) is 11.5 Å². The third-order valence-electron chi connectivity index (χ3n) is 1.24. The van der Waals surface area contributed by atoms with Crippen LogP contribution >= 0.6 is 11.2 Å². The molecule has 0 aliphatic rings. The van der Waals surface area contributed by atoms with Gasteiger partial charge in [0.1, 0.15) is 7.22 Å². The Morgan fingerprint density at radius 1 is 1.27 bits per heavy atom.